The second kappa shape index (κ2) is 8.18. The minimum Gasteiger partial charge on any atom is -0.325 e. The van der Waals surface area contributed by atoms with Crippen LogP contribution >= 0.6 is 0 Å². The zero-order valence-corrected chi connectivity index (χ0v) is 14.6. The molecule has 0 radical (unpaired) electrons. The van der Waals surface area contributed by atoms with E-state index in [0.29, 0.717) is 0 Å². The third-order valence-corrected chi connectivity index (χ3v) is 5.10. The van der Waals surface area contributed by atoms with E-state index in [1.54, 1.807) is 0 Å². The first-order chi connectivity index (χ1) is 11.8. The van der Waals surface area contributed by atoms with Crippen LogP contribution in [0.3, 0.4) is 0 Å². The number of urea groups is 1. The van der Waals surface area contributed by atoms with Crippen LogP contribution in [0.25, 0.3) is 10.8 Å². The molecule has 2 aromatic rings. The van der Waals surface area contributed by atoms with Crippen molar-refractivity contribution in [3.8, 4) is 0 Å². The summed E-state index contributed by atoms with van der Waals surface area (Å²) >= 11 is 0. The van der Waals surface area contributed by atoms with Gasteiger partial charge in [-0.2, -0.15) is 0 Å². The molecule has 1 heterocycles. The monoisotopic (exact) mass is 324 g/mol. The van der Waals surface area contributed by atoms with Gasteiger partial charge in [-0.05, 0) is 48.1 Å². The molecule has 1 aliphatic rings. The second-order valence-electron chi connectivity index (χ2n) is 6.92. The molecule has 0 aromatic heterocycles. The van der Waals surface area contributed by atoms with Crippen molar-refractivity contribution in [3.05, 3.63) is 42.5 Å². The zero-order valence-electron chi connectivity index (χ0n) is 14.6. The number of nitrogens with zero attached hydrogens (tertiary/aromatic N) is 1. The number of anilines is 1. The van der Waals surface area contributed by atoms with Gasteiger partial charge in [0.2, 0.25) is 0 Å². The minimum absolute atomic E-state index is 0.0430. The third kappa shape index (κ3) is 4.28. The first-order valence-corrected chi connectivity index (χ1v) is 9.31. The fourth-order valence-electron chi connectivity index (χ4n) is 3.62. The fraction of sp³-hybridized carbons (Fsp3) is 0.476. The Balaban J connectivity index is 1.59. The van der Waals surface area contributed by atoms with Crippen molar-refractivity contribution in [2.45, 2.75) is 45.4 Å². The Bertz CT molecular complexity index is 682. The summed E-state index contributed by atoms with van der Waals surface area (Å²) in [6.07, 6.45) is 7.43. The largest absolute Gasteiger partial charge is 0.325 e. The highest BCUT2D eigenvalue weighted by Gasteiger charge is 2.20. The number of amides is 2. The van der Waals surface area contributed by atoms with Gasteiger partial charge in [0.1, 0.15) is 0 Å². The lowest BCUT2D eigenvalue weighted by Crippen LogP contribution is -2.35. The molecule has 0 bridgehead atoms. The van der Waals surface area contributed by atoms with Crippen molar-refractivity contribution in [1.29, 1.82) is 0 Å². The predicted molar refractivity (Wildman–Crippen MR) is 101 cm³/mol. The molecule has 128 valence electrons. The number of nitrogens with one attached hydrogen (secondary N) is 1. The Hall–Kier alpha value is -2.03. The molecule has 3 nitrogen and oxygen atoms in total. The van der Waals surface area contributed by atoms with Crippen LogP contribution in [0.1, 0.15) is 45.4 Å². The van der Waals surface area contributed by atoms with Crippen LogP contribution in [0.4, 0.5) is 10.5 Å². The molecule has 0 aliphatic carbocycles. The van der Waals surface area contributed by atoms with Gasteiger partial charge in [-0.15, -0.1) is 0 Å². The van der Waals surface area contributed by atoms with E-state index in [0.717, 1.165) is 42.9 Å². The van der Waals surface area contributed by atoms with Crippen LogP contribution in [0.2, 0.25) is 0 Å². The fourth-order valence-corrected chi connectivity index (χ4v) is 3.62. The van der Waals surface area contributed by atoms with Gasteiger partial charge in [-0.1, -0.05) is 56.5 Å². The van der Waals surface area contributed by atoms with Crippen LogP contribution in [-0.2, 0) is 0 Å². The standard InChI is InChI=1S/C21H28N2O/c1-2-3-7-17-8-6-14-23(15-13-17)21(24)22-20-12-11-18-9-4-5-10-19(18)16-20/h4-5,9-12,16-17H,2-3,6-8,13-15H2,1H3,(H,22,24). The number of hydrogen-bond acceptors (Lipinski definition) is 1. The Morgan fingerprint density at radius 2 is 1.96 bits per heavy atom. The summed E-state index contributed by atoms with van der Waals surface area (Å²) in [5, 5.41) is 5.43. The number of fused-ring (bicyclic) bond motifs is 1. The molecule has 2 amide bonds. The van der Waals surface area contributed by atoms with Gasteiger partial charge in [0.25, 0.3) is 0 Å². The summed E-state index contributed by atoms with van der Waals surface area (Å²) in [6.45, 7) is 4.01. The molecule has 0 spiro atoms. The molecular formula is C21H28N2O. The lowest BCUT2D eigenvalue weighted by Gasteiger charge is -2.21. The maximum atomic E-state index is 12.6. The highest BCUT2D eigenvalue weighted by atomic mass is 16.2. The molecule has 1 aliphatic heterocycles. The maximum absolute atomic E-state index is 12.6. The Morgan fingerprint density at radius 3 is 2.79 bits per heavy atom. The summed E-state index contributed by atoms with van der Waals surface area (Å²) in [5.41, 5.74) is 0.880. The topological polar surface area (TPSA) is 32.3 Å². The quantitative estimate of drug-likeness (QED) is 0.772. The SMILES string of the molecule is CCCCC1CCCN(C(=O)Nc2ccc3ccccc3c2)CC1. The number of unbranched alkanes of at least 4 members (excludes halogenated alkanes) is 1. The highest BCUT2D eigenvalue weighted by molar-refractivity contribution is 5.93. The molecule has 1 unspecified atom stereocenters. The minimum atomic E-state index is 0.0430. The average molecular weight is 324 g/mol. The lowest BCUT2D eigenvalue weighted by molar-refractivity contribution is 0.213. The molecule has 1 N–H and O–H groups in total. The van der Waals surface area contributed by atoms with E-state index >= 15 is 0 Å². The first-order valence-electron chi connectivity index (χ1n) is 9.31. The van der Waals surface area contributed by atoms with Crippen LogP contribution in [-0.4, -0.2) is 24.0 Å². The van der Waals surface area contributed by atoms with Gasteiger partial charge in [0.15, 0.2) is 0 Å². The third-order valence-electron chi connectivity index (χ3n) is 5.10. The predicted octanol–water partition coefficient (Wildman–Crippen LogP) is 5.66. The second-order valence-corrected chi connectivity index (χ2v) is 6.92. The van der Waals surface area contributed by atoms with Crippen LogP contribution in [0.5, 0.6) is 0 Å². The first kappa shape index (κ1) is 16.8. The summed E-state index contributed by atoms with van der Waals surface area (Å²) in [5.74, 6) is 0.795. The number of carbonyl (C=O) groups is 1. The molecule has 24 heavy (non-hydrogen) atoms. The normalized spacial score (nSPS) is 18.4. The van der Waals surface area contributed by atoms with Crippen molar-refractivity contribution in [1.82, 2.24) is 4.90 Å². The molecule has 0 saturated carbocycles. The van der Waals surface area contributed by atoms with Gasteiger partial charge in [0.05, 0.1) is 0 Å². The molecule has 3 heteroatoms. The summed E-state index contributed by atoms with van der Waals surface area (Å²) in [4.78, 5) is 14.6. The number of likely N-dealkylation sites (tertiary alicyclic amines) is 1. The maximum Gasteiger partial charge on any atom is 0.321 e. The van der Waals surface area contributed by atoms with E-state index in [1.807, 2.05) is 23.1 Å². The molecule has 1 atom stereocenters. The average Bonchev–Trinajstić information content (AvgIpc) is 2.85. The Labute approximate surface area is 145 Å². The van der Waals surface area contributed by atoms with Gasteiger partial charge < -0.3 is 10.2 Å². The molecule has 2 aromatic carbocycles. The van der Waals surface area contributed by atoms with E-state index in [4.69, 9.17) is 0 Å². The summed E-state index contributed by atoms with van der Waals surface area (Å²) in [7, 11) is 0. The van der Waals surface area contributed by atoms with Gasteiger partial charge >= 0.3 is 6.03 Å². The van der Waals surface area contributed by atoms with Crippen molar-refractivity contribution in [3.63, 3.8) is 0 Å². The van der Waals surface area contributed by atoms with Crippen LogP contribution in [0, 0.1) is 5.92 Å². The molecule has 1 fully saturated rings. The van der Waals surface area contributed by atoms with Crippen molar-refractivity contribution < 1.29 is 4.79 Å². The van der Waals surface area contributed by atoms with Gasteiger partial charge in [-0.25, -0.2) is 4.79 Å². The molecule has 1 saturated heterocycles. The Kier molecular flexibility index (Phi) is 5.73. The smallest absolute Gasteiger partial charge is 0.321 e. The number of rotatable bonds is 4. The van der Waals surface area contributed by atoms with E-state index in [-0.39, 0.29) is 6.03 Å². The van der Waals surface area contributed by atoms with Crippen molar-refractivity contribution in [2.75, 3.05) is 18.4 Å². The Morgan fingerprint density at radius 1 is 1.12 bits per heavy atom. The van der Waals surface area contributed by atoms with E-state index in [1.165, 1.54) is 31.1 Å². The highest BCUT2D eigenvalue weighted by Crippen LogP contribution is 2.24. The lowest BCUT2D eigenvalue weighted by atomic mass is 9.95. The summed E-state index contributed by atoms with van der Waals surface area (Å²) < 4.78 is 0. The summed E-state index contributed by atoms with van der Waals surface area (Å²) in [6, 6.07) is 14.4. The molecule has 3 rings (SSSR count). The number of benzene rings is 2. The number of hydrogen-bond donors (Lipinski definition) is 1. The van der Waals surface area contributed by atoms with Crippen LogP contribution in [0.15, 0.2) is 42.5 Å². The van der Waals surface area contributed by atoms with Gasteiger partial charge in [0, 0.05) is 18.8 Å². The van der Waals surface area contributed by atoms with E-state index in [2.05, 4.69) is 36.5 Å². The zero-order chi connectivity index (χ0) is 16.8. The van der Waals surface area contributed by atoms with Gasteiger partial charge in [-0.3, -0.25) is 0 Å². The number of carbonyl (C=O) groups excluding carboxylic acids is 1. The van der Waals surface area contributed by atoms with E-state index in [9.17, 15) is 4.79 Å². The molecular weight excluding hydrogens is 296 g/mol. The van der Waals surface area contributed by atoms with Crippen molar-refractivity contribution >= 4 is 22.5 Å². The van der Waals surface area contributed by atoms with E-state index < -0.39 is 0 Å². The van der Waals surface area contributed by atoms with Crippen molar-refractivity contribution in [2.24, 2.45) is 5.92 Å². The van der Waals surface area contributed by atoms with Crippen LogP contribution < -0.4 is 5.32 Å².